The Balaban J connectivity index is 1.69. The van der Waals surface area contributed by atoms with Gasteiger partial charge in [-0.05, 0) is 60.7 Å². The molecule has 2 aromatic heterocycles. The Morgan fingerprint density at radius 1 is 0.704 bits per heavy atom. The average molecular weight is 370 g/mol. The molecule has 4 heteroatoms. The van der Waals surface area contributed by atoms with Crippen molar-refractivity contribution in [1.82, 2.24) is 9.55 Å². The van der Waals surface area contributed by atoms with Crippen LogP contribution in [0.15, 0.2) is 101 Å². The van der Waals surface area contributed by atoms with Crippen LogP contribution >= 0.6 is 11.8 Å². The predicted molar refractivity (Wildman–Crippen MR) is 109 cm³/mol. The van der Waals surface area contributed by atoms with Gasteiger partial charge in [-0.3, -0.25) is 4.57 Å². The van der Waals surface area contributed by atoms with Gasteiger partial charge in [-0.2, -0.15) is 0 Å². The molecular formula is C23H15FN2S. The van der Waals surface area contributed by atoms with E-state index in [9.17, 15) is 4.39 Å². The predicted octanol–water partition coefficient (Wildman–Crippen LogP) is 6.47. The molecule has 0 aliphatic heterocycles. The van der Waals surface area contributed by atoms with Gasteiger partial charge in [0.2, 0.25) is 0 Å². The van der Waals surface area contributed by atoms with Gasteiger partial charge in [0.1, 0.15) is 11.6 Å². The number of fused-ring (bicyclic) bond motifs is 3. The molecule has 0 atom stereocenters. The number of hydrogen-bond donors (Lipinski definition) is 0. The maximum Gasteiger partial charge on any atom is 0.137 e. The van der Waals surface area contributed by atoms with E-state index in [2.05, 4.69) is 52.0 Å². The number of rotatable bonds is 3. The van der Waals surface area contributed by atoms with Gasteiger partial charge in [-0.25, -0.2) is 9.37 Å². The highest BCUT2D eigenvalue weighted by molar-refractivity contribution is 7.99. The van der Waals surface area contributed by atoms with Crippen molar-refractivity contribution in [2.45, 2.75) is 9.79 Å². The standard InChI is InChI=1S/C23H15FN2S/c24-16-8-10-17(11-9-16)27-18-12-13-22-20(15-18)19-5-1-2-6-21(19)26(22)23-7-3-4-14-25-23/h1-15H. The summed E-state index contributed by atoms with van der Waals surface area (Å²) in [5.41, 5.74) is 2.26. The van der Waals surface area contributed by atoms with Crippen molar-refractivity contribution in [3.05, 3.63) is 96.9 Å². The van der Waals surface area contributed by atoms with Gasteiger partial charge in [0.15, 0.2) is 0 Å². The van der Waals surface area contributed by atoms with Crippen LogP contribution in [0.5, 0.6) is 0 Å². The highest BCUT2D eigenvalue weighted by Crippen LogP contribution is 2.36. The molecule has 0 aliphatic carbocycles. The largest absolute Gasteiger partial charge is 0.294 e. The summed E-state index contributed by atoms with van der Waals surface area (Å²) >= 11 is 1.63. The molecule has 130 valence electrons. The van der Waals surface area contributed by atoms with E-state index in [1.165, 1.54) is 22.9 Å². The Morgan fingerprint density at radius 3 is 2.26 bits per heavy atom. The van der Waals surface area contributed by atoms with Crippen molar-refractivity contribution < 1.29 is 4.39 Å². The first-order valence-electron chi connectivity index (χ1n) is 8.68. The van der Waals surface area contributed by atoms with Crippen molar-refractivity contribution in [2.75, 3.05) is 0 Å². The summed E-state index contributed by atoms with van der Waals surface area (Å²) in [4.78, 5) is 6.68. The lowest BCUT2D eigenvalue weighted by atomic mass is 10.1. The van der Waals surface area contributed by atoms with E-state index in [0.717, 1.165) is 26.6 Å². The first-order chi connectivity index (χ1) is 13.3. The van der Waals surface area contributed by atoms with Gasteiger partial charge in [0, 0.05) is 26.8 Å². The van der Waals surface area contributed by atoms with Gasteiger partial charge in [-0.15, -0.1) is 0 Å². The normalized spacial score (nSPS) is 11.3. The summed E-state index contributed by atoms with van der Waals surface area (Å²) in [6, 6.07) is 27.4. The Labute approximate surface area is 160 Å². The summed E-state index contributed by atoms with van der Waals surface area (Å²) in [7, 11) is 0. The smallest absolute Gasteiger partial charge is 0.137 e. The number of para-hydroxylation sites is 1. The fourth-order valence-electron chi connectivity index (χ4n) is 3.39. The molecule has 0 saturated heterocycles. The van der Waals surface area contributed by atoms with Crippen LogP contribution < -0.4 is 0 Å². The Morgan fingerprint density at radius 2 is 1.44 bits per heavy atom. The van der Waals surface area contributed by atoms with Gasteiger partial charge < -0.3 is 0 Å². The molecular weight excluding hydrogens is 355 g/mol. The van der Waals surface area contributed by atoms with Crippen LogP contribution in [-0.2, 0) is 0 Å². The van der Waals surface area contributed by atoms with E-state index >= 15 is 0 Å². The third-order valence-corrected chi connectivity index (χ3v) is 5.57. The minimum Gasteiger partial charge on any atom is -0.294 e. The monoisotopic (exact) mass is 370 g/mol. The van der Waals surface area contributed by atoms with Crippen LogP contribution in [-0.4, -0.2) is 9.55 Å². The highest BCUT2D eigenvalue weighted by atomic mass is 32.2. The lowest BCUT2D eigenvalue weighted by Crippen LogP contribution is -1.95. The number of hydrogen-bond acceptors (Lipinski definition) is 2. The lowest BCUT2D eigenvalue weighted by molar-refractivity contribution is 0.626. The van der Waals surface area contributed by atoms with Crippen LogP contribution in [0.4, 0.5) is 4.39 Å². The zero-order valence-electron chi connectivity index (χ0n) is 14.3. The zero-order valence-corrected chi connectivity index (χ0v) is 15.2. The Bertz CT molecular complexity index is 1240. The van der Waals surface area contributed by atoms with Gasteiger partial charge in [0.25, 0.3) is 0 Å². The third-order valence-electron chi connectivity index (χ3n) is 4.57. The Kier molecular flexibility index (Phi) is 3.91. The molecule has 0 radical (unpaired) electrons. The second-order valence-corrected chi connectivity index (χ2v) is 7.42. The fraction of sp³-hybridized carbons (Fsp3) is 0. The summed E-state index contributed by atoms with van der Waals surface area (Å²) in [6.07, 6.45) is 1.81. The molecule has 2 nitrogen and oxygen atoms in total. The van der Waals surface area contributed by atoms with Crippen LogP contribution in [0.25, 0.3) is 27.6 Å². The Hall–Kier alpha value is -3.11. The van der Waals surface area contributed by atoms with E-state index < -0.39 is 0 Å². The molecule has 2 heterocycles. The van der Waals surface area contributed by atoms with E-state index in [4.69, 9.17) is 0 Å². The molecule has 0 spiro atoms. The summed E-state index contributed by atoms with van der Waals surface area (Å²) < 4.78 is 15.3. The van der Waals surface area contributed by atoms with Gasteiger partial charge in [-0.1, -0.05) is 36.0 Å². The minimum atomic E-state index is -0.215. The second kappa shape index (κ2) is 6.56. The van der Waals surface area contributed by atoms with Crippen LogP contribution in [0.2, 0.25) is 0 Å². The van der Waals surface area contributed by atoms with E-state index in [-0.39, 0.29) is 5.82 Å². The minimum absolute atomic E-state index is 0.215. The number of halogens is 1. The molecule has 27 heavy (non-hydrogen) atoms. The van der Waals surface area contributed by atoms with Crippen molar-refractivity contribution >= 4 is 33.6 Å². The van der Waals surface area contributed by atoms with Gasteiger partial charge >= 0.3 is 0 Å². The molecule has 0 N–H and O–H groups in total. The number of nitrogens with zero attached hydrogens (tertiary/aromatic N) is 2. The number of benzene rings is 3. The molecule has 5 rings (SSSR count). The van der Waals surface area contributed by atoms with Crippen molar-refractivity contribution in [3.63, 3.8) is 0 Å². The SMILES string of the molecule is Fc1ccc(Sc2ccc3c(c2)c2ccccc2n3-c2ccccn2)cc1. The topological polar surface area (TPSA) is 17.8 Å². The van der Waals surface area contributed by atoms with E-state index in [1.807, 2.05) is 24.4 Å². The maximum absolute atomic E-state index is 13.2. The summed E-state index contributed by atoms with van der Waals surface area (Å²) in [6.45, 7) is 0. The third kappa shape index (κ3) is 2.88. The lowest BCUT2D eigenvalue weighted by Gasteiger charge is -2.06. The highest BCUT2D eigenvalue weighted by Gasteiger charge is 2.13. The summed E-state index contributed by atoms with van der Waals surface area (Å²) in [5.74, 6) is 0.691. The molecule has 3 aromatic carbocycles. The number of aromatic nitrogens is 2. The zero-order chi connectivity index (χ0) is 18.2. The van der Waals surface area contributed by atoms with Crippen molar-refractivity contribution in [3.8, 4) is 5.82 Å². The number of pyridine rings is 1. The first kappa shape index (κ1) is 16.1. The first-order valence-corrected chi connectivity index (χ1v) is 9.49. The van der Waals surface area contributed by atoms with E-state index in [0.29, 0.717) is 0 Å². The molecule has 0 bridgehead atoms. The summed E-state index contributed by atoms with van der Waals surface area (Å²) in [5, 5.41) is 2.38. The van der Waals surface area contributed by atoms with Crippen molar-refractivity contribution in [2.24, 2.45) is 0 Å². The van der Waals surface area contributed by atoms with Crippen LogP contribution in [0.1, 0.15) is 0 Å². The molecule has 0 amide bonds. The van der Waals surface area contributed by atoms with Crippen molar-refractivity contribution in [1.29, 1.82) is 0 Å². The molecule has 0 fully saturated rings. The maximum atomic E-state index is 13.2. The van der Waals surface area contributed by atoms with Crippen LogP contribution in [0, 0.1) is 5.82 Å². The fourth-order valence-corrected chi connectivity index (χ4v) is 4.24. The van der Waals surface area contributed by atoms with Crippen LogP contribution in [0.3, 0.4) is 0 Å². The average Bonchev–Trinajstić information content (AvgIpc) is 3.04. The van der Waals surface area contributed by atoms with Gasteiger partial charge in [0.05, 0.1) is 11.0 Å². The molecule has 0 saturated carbocycles. The molecule has 0 aliphatic rings. The van der Waals surface area contributed by atoms with E-state index in [1.54, 1.807) is 23.9 Å². The molecule has 0 unspecified atom stereocenters. The second-order valence-electron chi connectivity index (χ2n) is 6.28. The quantitative estimate of drug-likeness (QED) is 0.362. The molecule has 5 aromatic rings.